The zero-order valence-corrected chi connectivity index (χ0v) is 17.9. The molecule has 3 heterocycles. The summed E-state index contributed by atoms with van der Waals surface area (Å²) in [4.78, 5) is 33.7. The number of nitrogens with zero attached hydrogens (tertiary/aromatic N) is 5. The first-order valence-electron chi connectivity index (χ1n) is 9.81. The molecule has 0 aliphatic rings. The average molecular weight is 450 g/mol. The molecule has 10 heteroatoms. The van der Waals surface area contributed by atoms with E-state index in [1.54, 1.807) is 12.1 Å². The lowest BCUT2D eigenvalue weighted by molar-refractivity contribution is 0.629. The smallest absolute Gasteiger partial charge is 0.266 e. The predicted octanol–water partition coefficient (Wildman–Crippen LogP) is 4.33. The number of hydrogen-bond acceptors (Lipinski definition) is 6. The predicted molar refractivity (Wildman–Crippen MR) is 121 cm³/mol. The molecule has 0 radical (unpaired) electrons. The first-order valence-corrected chi connectivity index (χ1v) is 10.2. The number of rotatable bonds is 4. The Bertz CT molecular complexity index is 1520. The van der Waals surface area contributed by atoms with Gasteiger partial charge in [0.15, 0.2) is 11.5 Å². The third kappa shape index (κ3) is 3.46. The average Bonchev–Trinajstić information content (AvgIpc) is 3.23. The van der Waals surface area contributed by atoms with Gasteiger partial charge >= 0.3 is 0 Å². The minimum absolute atomic E-state index is 0.177. The maximum Gasteiger partial charge on any atom is 0.266 e. The van der Waals surface area contributed by atoms with Gasteiger partial charge in [0.2, 0.25) is 0 Å². The summed E-state index contributed by atoms with van der Waals surface area (Å²) in [7, 11) is 0. The van der Waals surface area contributed by atoms with Crippen molar-refractivity contribution in [3.05, 3.63) is 81.6 Å². The SMILES string of the molecule is Cc1cc(Cl)cc(-n2c(C(C)Nc3ncnc4nc[nH]c34)nc3ccc(F)cc3c2=O)c1. The highest BCUT2D eigenvalue weighted by molar-refractivity contribution is 6.30. The van der Waals surface area contributed by atoms with Crippen molar-refractivity contribution in [2.24, 2.45) is 0 Å². The Morgan fingerprint density at radius 2 is 2.00 bits per heavy atom. The van der Waals surface area contributed by atoms with Crippen LogP contribution in [-0.2, 0) is 0 Å². The number of nitrogens with one attached hydrogen (secondary N) is 2. The second kappa shape index (κ2) is 7.69. The fourth-order valence-electron chi connectivity index (χ4n) is 3.71. The van der Waals surface area contributed by atoms with Crippen LogP contribution in [0.15, 0.2) is 53.8 Å². The number of halogens is 2. The normalized spacial score (nSPS) is 12.4. The molecule has 8 nitrogen and oxygen atoms in total. The maximum atomic E-state index is 13.9. The second-order valence-corrected chi connectivity index (χ2v) is 7.88. The van der Waals surface area contributed by atoms with E-state index in [0.717, 1.165) is 5.56 Å². The number of fused-ring (bicyclic) bond motifs is 2. The van der Waals surface area contributed by atoms with Crippen LogP contribution in [-0.4, -0.2) is 29.5 Å². The van der Waals surface area contributed by atoms with Gasteiger partial charge < -0.3 is 10.3 Å². The van der Waals surface area contributed by atoms with Gasteiger partial charge in [0.1, 0.15) is 23.5 Å². The van der Waals surface area contributed by atoms with E-state index >= 15 is 0 Å². The summed E-state index contributed by atoms with van der Waals surface area (Å²) in [6.07, 6.45) is 2.94. The Balaban J connectivity index is 1.73. The molecule has 5 aromatic rings. The van der Waals surface area contributed by atoms with Crippen LogP contribution < -0.4 is 10.9 Å². The molecule has 1 unspecified atom stereocenters. The van der Waals surface area contributed by atoms with Gasteiger partial charge in [-0.05, 0) is 55.8 Å². The van der Waals surface area contributed by atoms with Gasteiger partial charge in [-0.3, -0.25) is 9.36 Å². The number of imidazole rings is 1. The summed E-state index contributed by atoms with van der Waals surface area (Å²) in [6, 6.07) is 8.81. The standard InChI is InChI=1S/C22H17ClFN7O/c1-11-5-13(23)7-15(6-11)31-21(30-17-4-3-14(24)8-16(17)22(31)32)12(2)29-20-18-19(26-9-25-18)27-10-28-20/h3-10,12H,1-2H3,(H2,25,26,27,28,29). The fourth-order valence-corrected chi connectivity index (χ4v) is 3.99. The van der Waals surface area contributed by atoms with E-state index in [0.29, 0.717) is 39.0 Å². The van der Waals surface area contributed by atoms with Crippen molar-refractivity contribution >= 4 is 39.5 Å². The van der Waals surface area contributed by atoms with Crippen LogP contribution in [0.4, 0.5) is 10.2 Å². The van der Waals surface area contributed by atoms with Crippen molar-refractivity contribution in [2.75, 3.05) is 5.32 Å². The van der Waals surface area contributed by atoms with Crippen molar-refractivity contribution in [3.63, 3.8) is 0 Å². The molecule has 0 aliphatic heterocycles. The lowest BCUT2D eigenvalue weighted by Gasteiger charge is -2.20. The number of H-pyrrole nitrogens is 1. The third-order valence-electron chi connectivity index (χ3n) is 5.10. The number of aromatic nitrogens is 6. The molecule has 32 heavy (non-hydrogen) atoms. The summed E-state index contributed by atoms with van der Waals surface area (Å²) in [6.45, 7) is 3.74. The Kier molecular flexibility index (Phi) is 4.82. The molecule has 0 saturated carbocycles. The summed E-state index contributed by atoms with van der Waals surface area (Å²) >= 11 is 6.27. The van der Waals surface area contributed by atoms with Gasteiger partial charge in [-0.2, -0.15) is 0 Å². The highest BCUT2D eigenvalue weighted by Gasteiger charge is 2.20. The van der Waals surface area contributed by atoms with Crippen molar-refractivity contribution in [3.8, 4) is 5.69 Å². The molecule has 0 aliphatic carbocycles. The van der Waals surface area contributed by atoms with Crippen LogP contribution >= 0.6 is 11.6 Å². The summed E-state index contributed by atoms with van der Waals surface area (Å²) < 4.78 is 15.4. The molecular formula is C22H17ClFN7O. The van der Waals surface area contributed by atoms with Crippen LogP contribution in [0.3, 0.4) is 0 Å². The quantitative estimate of drug-likeness (QED) is 0.423. The highest BCUT2D eigenvalue weighted by atomic mass is 35.5. The van der Waals surface area contributed by atoms with Crippen LogP contribution in [0.5, 0.6) is 0 Å². The molecule has 0 fully saturated rings. The van der Waals surface area contributed by atoms with Gasteiger partial charge in [0, 0.05) is 5.02 Å². The Morgan fingerprint density at radius 3 is 2.81 bits per heavy atom. The monoisotopic (exact) mass is 449 g/mol. The molecule has 2 aromatic carbocycles. The van der Waals surface area contributed by atoms with Gasteiger partial charge in [-0.15, -0.1) is 0 Å². The minimum Gasteiger partial charge on any atom is -0.358 e. The van der Waals surface area contributed by atoms with Gasteiger partial charge in [0.05, 0.1) is 29.0 Å². The molecule has 5 rings (SSSR count). The van der Waals surface area contributed by atoms with Crippen LogP contribution in [0.25, 0.3) is 27.8 Å². The first-order chi connectivity index (χ1) is 15.4. The van der Waals surface area contributed by atoms with Crippen LogP contribution in [0, 0.1) is 12.7 Å². The van der Waals surface area contributed by atoms with E-state index in [2.05, 4.69) is 25.3 Å². The molecule has 2 N–H and O–H groups in total. The molecular weight excluding hydrogens is 433 g/mol. The van der Waals surface area contributed by atoms with E-state index in [-0.39, 0.29) is 5.39 Å². The summed E-state index contributed by atoms with van der Waals surface area (Å²) in [5.41, 5.74) is 2.56. The van der Waals surface area contributed by atoms with E-state index in [4.69, 9.17) is 16.6 Å². The first kappa shape index (κ1) is 20.1. The van der Waals surface area contributed by atoms with Crippen molar-refractivity contribution in [1.82, 2.24) is 29.5 Å². The zero-order chi connectivity index (χ0) is 22.4. The number of hydrogen-bond donors (Lipinski definition) is 2. The van der Waals surface area contributed by atoms with Crippen LogP contribution in [0.1, 0.15) is 24.4 Å². The largest absolute Gasteiger partial charge is 0.358 e. The zero-order valence-electron chi connectivity index (χ0n) is 17.1. The van der Waals surface area contributed by atoms with E-state index in [1.807, 2.05) is 19.9 Å². The van der Waals surface area contributed by atoms with E-state index < -0.39 is 17.4 Å². The second-order valence-electron chi connectivity index (χ2n) is 7.45. The number of anilines is 1. The van der Waals surface area contributed by atoms with Crippen molar-refractivity contribution in [1.29, 1.82) is 0 Å². The Labute approximate surface area is 186 Å². The molecule has 1 atom stereocenters. The Morgan fingerprint density at radius 1 is 1.16 bits per heavy atom. The summed E-state index contributed by atoms with van der Waals surface area (Å²) in [5.74, 6) is 0.427. The fraction of sp³-hybridized carbons (Fsp3) is 0.136. The molecule has 0 saturated heterocycles. The lowest BCUT2D eigenvalue weighted by Crippen LogP contribution is -2.27. The van der Waals surface area contributed by atoms with Crippen LogP contribution in [0.2, 0.25) is 5.02 Å². The summed E-state index contributed by atoms with van der Waals surface area (Å²) in [5, 5.41) is 3.94. The van der Waals surface area contributed by atoms with E-state index in [1.165, 1.54) is 35.4 Å². The topological polar surface area (TPSA) is 101 Å². The van der Waals surface area contributed by atoms with Gasteiger partial charge in [-0.25, -0.2) is 24.3 Å². The maximum absolute atomic E-state index is 13.9. The molecule has 0 spiro atoms. The third-order valence-corrected chi connectivity index (χ3v) is 5.32. The van der Waals surface area contributed by atoms with Gasteiger partial charge in [-0.1, -0.05) is 11.6 Å². The number of aryl methyl sites for hydroxylation is 1. The van der Waals surface area contributed by atoms with E-state index in [9.17, 15) is 9.18 Å². The molecule has 0 bridgehead atoms. The molecule has 0 amide bonds. The highest BCUT2D eigenvalue weighted by Crippen LogP contribution is 2.25. The molecule has 3 aromatic heterocycles. The number of aromatic amines is 1. The Hall–Kier alpha value is -3.85. The van der Waals surface area contributed by atoms with Crippen molar-refractivity contribution in [2.45, 2.75) is 19.9 Å². The van der Waals surface area contributed by atoms with Gasteiger partial charge in [0.25, 0.3) is 5.56 Å². The van der Waals surface area contributed by atoms with Crippen molar-refractivity contribution < 1.29 is 4.39 Å². The lowest BCUT2D eigenvalue weighted by atomic mass is 10.1. The minimum atomic E-state index is -0.508. The number of benzene rings is 2. The molecule has 160 valence electrons.